The summed E-state index contributed by atoms with van der Waals surface area (Å²) in [5, 5.41) is 8.34. The van der Waals surface area contributed by atoms with Crippen LogP contribution in [0.1, 0.15) is 24.0 Å². The summed E-state index contributed by atoms with van der Waals surface area (Å²) in [6.45, 7) is 2.28. The normalized spacial score (nSPS) is 13.2. The quantitative estimate of drug-likeness (QED) is 0.219. The molecule has 8 nitrogen and oxygen atoms in total. The minimum Gasteiger partial charge on any atom is -0.488 e. The maximum absolute atomic E-state index is 6.02. The molecule has 4 aromatic rings. The third-order valence-corrected chi connectivity index (χ3v) is 5.89. The van der Waals surface area contributed by atoms with E-state index in [2.05, 4.69) is 35.7 Å². The molecule has 9 heteroatoms. The first-order valence-electron chi connectivity index (χ1n) is 11.8. The number of hydrazone groups is 1. The van der Waals surface area contributed by atoms with Crippen LogP contribution in [0.5, 0.6) is 5.75 Å². The Kier molecular flexibility index (Phi) is 7.53. The lowest BCUT2D eigenvalue weighted by atomic mass is 10.2. The summed E-state index contributed by atoms with van der Waals surface area (Å²) in [6.07, 6.45) is 3.95. The summed E-state index contributed by atoms with van der Waals surface area (Å²) in [5.41, 5.74) is 5.72. The summed E-state index contributed by atoms with van der Waals surface area (Å²) in [6, 6.07) is 25.1. The summed E-state index contributed by atoms with van der Waals surface area (Å²) in [7, 11) is 0. The topological polar surface area (TPSA) is 87.6 Å². The van der Waals surface area contributed by atoms with Crippen molar-refractivity contribution < 1.29 is 4.74 Å². The minimum atomic E-state index is 0.362. The molecule has 1 saturated heterocycles. The van der Waals surface area contributed by atoms with Crippen molar-refractivity contribution in [3.63, 3.8) is 0 Å². The molecule has 0 saturated carbocycles. The van der Waals surface area contributed by atoms with Gasteiger partial charge < -0.3 is 15.0 Å². The number of rotatable bonds is 9. The number of aromatic nitrogens is 3. The van der Waals surface area contributed by atoms with Crippen molar-refractivity contribution in [2.24, 2.45) is 5.10 Å². The van der Waals surface area contributed by atoms with E-state index in [0.717, 1.165) is 48.5 Å². The van der Waals surface area contributed by atoms with Gasteiger partial charge in [0, 0.05) is 29.4 Å². The molecule has 2 heterocycles. The average molecular weight is 500 g/mol. The Balaban J connectivity index is 1.31. The molecule has 0 bridgehead atoms. The molecule has 0 amide bonds. The zero-order valence-corrected chi connectivity index (χ0v) is 20.4. The fraction of sp³-hybridized carbons (Fsp3) is 0.185. The van der Waals surface area contributed by atoms with Gasteiger partial charge in [0.1, 0.15) is 12.4 Å². The zero-order chi connectivity index (χ0) is 24.6. The predicted molar refractivity (Wildman–Crippen MR) is 144 cm³/mol. The number of halogens is 1. The second-order valence-corrected chi connectivity index (χ2v) is 8.73. The standard InChI is InChI=1S/C27H26ClN7O/c28-22-14-12-20(13-15-22)19-36-24-11-5-4-8-21(24)18-29-34-26-31-25(30-23-9-2-1-3-10-23)32-27(33-26)35-16-6-7-17-35/h1-5,8-15,18H,6-7,16-17,19H2,(H2,30,31,32,33,34)/b29-18+. The van der Waals surface area contributed by atoms with Crippen LogP contribution in [0.3, 0.4) is 0 Å². The maximum atomic E-state index is 6.02. The molecular weight excluding hydrogens is 474 g/mol. The van der Waals surface area contributed by atoms with E-state index in [9.17, 15) is 0 Å². The molecule has 0 radical (unpaired) electrons. The van der Waals surface area contributed by atoms with Crippen LogP contribution >= 0.6 is 11.6 Å². The van der Waals surface area contributed by atoms with Crippen molar-refractivity contribution in [1.29, 1.82) is 0 Å². The molecular formula is C27H26ClN7O. The monoisotopic (exact) mass is 499 g/mol. The molecule has 3 aromatic carbocycles. The molecule has 36 heavy (non-hydrogen) atoms. The van der Waals surface area contributed by atoms with Crippen molar-refractivity contribution in [2.45, 2.75) is 19.4 Å². The molecule has 1 aliphatic rings. The highest BCUT2D eigenvalue weighted by Gasteiger charge is 2.17. The van der Waals surface area contributed by atoms with E-state index in [1.807, 2.05) is 78.9 Å². The van der Waals surface area contributed by atoms with Crippen LogP contribution in [-0.2, 0) is 6.61 Å². The van der Waals surface area contributed by atoms with E-state index in [1.165, 1.54) is 0 Å². The van der Waals surface area contributed by atoms with Crippen LogP contribution in [0.2, 0.25) is 5.02 Å². The Morgan fingerprint density at radius 1 is 0.861 bits per heavy atom. The molecule has 1 aliphatic heterocycles. The van der Waals surface area contributed by atoms with Gasteiger partial charge >= 0.3 is 0 Å². The van der Waals surface area contributed by atoms with Crippen molar-refractivity contribution in [3.8, 4) is 5.75 Å². The second kappa shape index (κ2) is 11.5. The van der Waals surface area contributed by atoms with Gasteiger partial charge in [-0.15, -0.1) is 0 Å². The van der Waals surface area contributed by atoms with E-state index < -0.39 is 0 Å². The Labute approximate surface area is 215 Å². The van der Waals surface area contributed by atoms with Gasteiger partial charge in [-0.1, -0.05) is 54.1 Å². The Hall–Kier alpha value is -4.17. The van der Waals surface area contributed by atoms with E-state index in [0.29, 0.717) is 29.5 Å². The molecule has 0 spiro atoms. The molecule has 0 aliphatic carbocycles. The number of nitrogens with one attached hydrogen (secondary N) is 2. The highest BCUT2D eigenvalue weighted by atomic mass is 35.5. The number of hydrogen-bond acceptors (Lipinski definition) is 8. The number of nitrogens with zero attached hydrogens (tertiary/aromatic N) is 5. The van der Waals surface area contributed by atoms with Crippen molar-refractivity contribution in [3.05, 3.63) is 95.0 Å². The maximum Gasteiger partial charge on any atom is 0.250 e. The summed E-state index contributed by atoms with van der Waals surface area (Å²) in [4.78, 5) is 15.9. The molecule has 1 fully saturated rings. The smallest absolute Gasteiger partial charge is 0.250 e. The lowest BCUT2D eigenvalue weighted by Crippen LogP contribution is -2.21. The SMILES string of the molecule is Clc1ccc(COc2ccccc2/C=N/Nc2nc(Nc3ccccc3)nc(N3CCCC3)n2)cc1. The molecule has 5 rings (SSSR count). The van der Waals surface area contributed by atoms with Crippen LogP contribution in [0.25, 0.3) is 0 Å². The molecule has 2 N–H and O–H groups in total. The van der Waals surface area contributed by atoms with E-state index >= 15 is 0 Å². The molecule has 1 aromatic heterocycles. The number of anilines is 4. The summed E-state index contributed by atoms with van der Waals surface area (Å²) >= 11 is 5.97. The van der Waals surface area contributed by atoms with Crippen molar-refractivity contribution >= 4 is 41.3 Å². The van der Waals surface area contributed by atoms with Gasteiger partial charge in [0.2, 0.25) is 17.8 Å². The highest BCUT2D eigenvalue weighted by Crippen LogP contribution is 2.22. The first-order valence-corrected chi connectivity index (χ1v) is 12.2. The first-order chi connectivity index (χ1) is 17.7. The lowest BCUT2D eigenvalue weighted by molar-refractivity contribution is 0.306. The van der Waals surface area contributed by atoms with Crippen LogP contribution < -0.4 is 20.4 Å². The lowest BCUT2D eigenvalue weighted by Gasteiger charge is -2.16. The van der Waals surface area contributed by atoms with Gasteiger partial charge in [-0.2, -0.15) is 20.1 Å². The van der Waals surface area contributed by atoms with Crippen LogP contribution in [0.15, 0.2) is 84.0 Å². The molecule has 0 atom stereocenters. The molecule has 182 valence electrons. The number of para-hydroxylation sites is 2. The Bertz CT molecular complexity index is 1310. The van der Waals surface area contributed by atoms with Crippen molar-refractivity contribution in [2.75, 3.05) is 28.7 Å². The first kappa shape index (κ1) is 23.6. The van der Waals surface area contributed by atoms with Gasteiger partial charge in [0.15, 0.2) is 0 Å². The van der Waals surface area contributed by atoms with E-state index in [4.69, 9.17) is 16.3 Å². The fourth-order valence-electron chi connectivity index (χ4n) is 3.80. The third-order valence-electron chi connectivity index (χ3n) is 5.64. The Morgan fingerprint density at radius 2 is 1.58 bits per heavy atom. The van der Waals surface area contributed by atoms with Crippen LogP contribution in [0, 0.1) is 0 Å². The largest absolute Gasteiger partial charge is 0.488 e. The number of ether oxygens (including phenoxy) is 1. The zero-order valence-electron chi connectivity index (χ0n) is 19.6. The van der Waals surface area contributed by atoms with E-state index in [-0.39, 0.29) is 0 Å². The van der Waals surface area contributed by atoms with Gasteiger partial charge in [0.05, 0.1) is 6.21 Å². The van der Waals surface area contributed by atoms with Gasteiger partial charge in [-0.3, -0.25) is 0 Å². The third kappa shape index (κ3) is 6.28. The minimum absolute atomic E-state index is 0.362. The average Bonchev–Trinajstić information content (AvgIpc) is 3.45. The summed E-state index contributed by atoms with van der Waals surface area (Å²) in [5.74, 6) is 2.17. The van der Waals surface area contributed by atoms with Gasteiger partial charge in [-0.05, 0) is 54.8 Å². The van der Waals surface area contributed by atoms with E-state index in [1.54, 1.807) is 6.21 Å². The van der Waals surface area contributed by atoms with Gasteiger partial charge in [-0.25, -0.2) is 5.43 Å². The highest BCUT2D eigenvalue weighted by molar-refractivity contribution is 6.30. The van der Waals surface area contributed by atoms with Crippen molar-refractivity contribution in [1.82, 2.24) is 15.0 Å². The number of hydrogen-bond donors (Lipinski definition) is 2. The fourth-order valence-corrected chi connectivity index (χ4v) is 3.93. The number of benzene rings is 3. The second-order valence-electron chi connectivity index (χ2n) is 8.29. The van der Waals surface area contributed by atoms with Crippen LogP contribution in [0.4, 0.5) is 23.5 Å². The predicted octanol–water partition coefficient (Wildman–Crippen LogP) is 5.89. The van der Waals surface area contributed by atoms with Crippen LogP contribution in [-0.4, -0.2) is 34.3 Å². The summed E-state index contributed by atoms with van der Waals surface area (Å²) < 4.78 is 6.02. The Morgan fingerprint density at radius 3 is 2.39 bits per heavy atom. The van der Waals surface area contributed by atoms with Gasteiger partial charge in [0.25, 0.3) is 0 Å². The molecule has 0 unspecified atom stereocenters.